The number of alkyl halides is 1. The molecule has 2 aromatic rings. The molecule has 2 heterocycles. The van der Waals surface area contributed by atoms with Gasteiger partial charge >= 0.3 is 5.97 Å². The zero-order chi connectivity index (χ0) is 19.1. The lowest BCUT2D eigenvalue weighted by molar-refractivity contribution is -0.149. The van der Waals surface area contributed by atoms with Gasteiger partial charge < -0.3 is 10.0 Å². The van der Waals surface area contributed by atoms with E-state index in [0.717, 1.165) is 4.90 Å². The number of nitrogens with zero attached hydrogens (tertiary/aromatic N) is 4. The molecule has 1 aromatic heterocycles. The molecule has 0 saturated carbocycles. The summed E-state index contributed by atoms with van der Waals surface area (Å²) in [5.41, 5.74) is -2.05. The van der Waals surface area contributed by atoms with E-state index in [-0.39, 0.29) is 24.7 Å². The van der Waals surface area contributed by atoms with Crippen molar-refractivity contribution in [2.24, 2.45) is 0 Å². The van der Waals surface area contributed by atoms with Gasteiger partial charge in [0, 0.05) is 18.9 Å². The lowest BCUT2D eigenvalue weighted by atomic mass is 10.1. The van der Waals surface area contributed by atoms with Crippen molar-refractivity contribution in [3.63, 3.8) is 0 Å². The molecule has 1 atom stereocenters. The summed E-state index contributed by atoms with van der Waals surface area (Å²) in [6, 6.07) is 5.70. The van der Waals surface area contributed by atoms with E-state index < -0.39 is 29.9 Å². The van der Waals surface area contributed by atoms with Crippen LogP contribution in [-0.4, -0.2) is 55.4 Å². The highest BCUT2D eigenvalue weighted by atomic mass is 19.1. The van der Waals surface area contributed by atoms with Crippen LogP contribution in [0.3, 0.4) is 0 Å². The molecule has 1 aliphatic rings. The smallest absolute Gasteiger partial charge is 0.343 e. The third kappa shape index (κ3) is 3.16. The van der Waals surface area contributed by atoms with E-state index in [1.165, 1.54) is 22.9 Å². The first-order valence-electron chi connectivity index (χ1n) is 8.16. The van der Waals surface area contributed by atoms with E-state index in [9.17, 15) is 18.4 Å². The highest BCUT2D eigenvalue weighted by Crippen LogP contribution is 2.27. The van der Waals surface area contributed by atoms with Gasteiger partial charge in [-0.1, -0.05) is 19.9 Å². The number of carbonyl (C=O) groups is 2. The Bertz CT molecular complexity index is 867. The summed E-state index contributed by atoms with van der Waals surface area (Å²) in [5.74, 6) is -2.53. The van der Waals surface area contributed by atoms with Crippen LogP contribution in [0, 0.1) is 5.82 Å². The quantitative estimate of drug-likeness (QED) is 0.898. The molecule has 1 fully saturated rings. The highest BCUT2D eigenvalue weighted by Gasteiger charge is 2.47. The standard InChI is InChI=1S/C17H18F2N4O3/c1-10(2)14-20-13(21-23(14)12-5-3-4-11(18)8-12)15(24)22-7-6-17(19,9-22)16(25)26/h3-5,8,10H,6-7,9H2,1-2H3,(H,25,26). The second-order valence-corrected chi connectivity index (χ2v) is 6.59. The molecule has 3 rings (SSSR count). The van der Waals surface area contributed by atoms with Crippen LogP contribution >= 0.6 is 0 Å². The Morgan fingerprint density at radius 2 is 2.08 bits per heavy atom. The van der Waals surface area contributed by atoms with Gasteiger partial charge in [0.25, 0.3) is 5.91 Å². The average Bonchev–Trinajstić information content (AvgIpc) is 3.19. The van der Waals surface area contributed by atoms with E-state index in [0.29, 0.717) is 11.5 Å². The second-order valence-electron chi connectivity index (χ2n) is 6.59. The maximum atomic E-state index is 14.2. The van der Waals surface area contributed by atoms with Crippen molar-refractivity contribution in [1.82, 2.24) is 19.7 Å². The summed E-state index contributed by atoms with van der Waals surface area (Å²) in [4.78, 5) is 28.9. The molecule has 7 nitrogen and oxygen atoms in total. The molecule has 0 aliphatic carbocycles. The fraction of sp³-hybridized carbons (Fsp3) is 0.412. The molecule has 1 amide bonds. The van der Waals surface area contributed by atoms with Gasteiger partial charge in [0.15, 0.2) is 0 Å². The van der Waals surface area contributed by atoms with Crippen molar-refractivity contribution in [2.45, 2.75) is 31.9 Å². The molecule has 138 valence electrons. The van der Waals surface area contributed by atoms with Gasteiger partial charge in [0.2, 0.25) is 11.5 Å². The number of amides is 1. The Morgan fingerprint density at radius 1 is 1.35 bits per heavy atom. The van der Waals surface area contributed by atoms with Crippen molar-refractivity contribution >= 4 is 11.9 Å². The van der Waals surface area contributed by atoms with Crippen LogP contribution < -0.4 is 0 Å². The summed E-state index contributed by atoms with van der Waals surface area (Å²) in [5, 5.41) is 13.1. The number of likely N-dealkylation sites (tertiary alicyclic amines) is 1. The Morgan fingerprint density at radius 3 is 2.65 bits per heavy atom. The Labute approximate surface area is 148 Å². The fourth-order valence-corrected chi connectivity index (χ4v) is 2.85. The molecule has 1 aliphatic heterocycles. The van der Waals surface area contributed by atoms with Gasteiger partial charge in [-0.25, -0.2) is 23.2 Å². The number of carboxylic acid groups (broad SMARTS) is 1. The minimum absolute atomic E-state index is 0.0346. The first-order chi connectivity index (χ1) is 12.2. The van der Waals surface area contributed by atoms with E-state index in [1.807, 2.05) is 13.8 Å². The molecule has 0 radical (unpaired) electrons. The molecule has 0 spiro atoms. The van der Waals surface area contributed by atoms with Crippen molar-refractivity contribution < 1.29 is 23.5 Å². The number of hydrogen-bond acceptors (Lipinski definition) is 4. The van der Waals surface area contributed by atoms with Crippen molar-refractivity contribution in [3.8, 4) is 5.69 Å². The van der Waals surface area contributed by atoms with Crippen molar-refractivity contribution in [3.05, 3.63) is 41.7 Å². The number of carbonyl (C=O) groups excluding carboxylic acids is 1. The van der Waals surface area contributed by atoms with Gasteiger partial charge in [-0.3, -0.25) is 4.79 Å². The van der Waals surface area contributed by atoms with Crippen LogP contribution in [0.5, 0.6) is 0 Å². The molecule has 1 unspecified atom stereocenters. The average molecular weight is 364 g/mol. The first-order valence-corrected chi connectivity index (χ1v) is 8.16. The lowest BCUT2D eigenvalue weighted by Gasteiger charge is -2.15. The summed E-state index contributed by atoms with van der Waals surface area (Å²) in [7, 11) is 0. The number of rotatable bonds is 4. The predicted octanol–water partition coefficient (Wildman–Crippen LogP) is 2.17. The summed E-state index contributed by atoms with van der Waals surface area (Å²) < 4.78 is 29.1. The second kappa shape index (κ2) is 6.47. The number of hydrogen-bond donors (Lipinski definition) is 1. The van der Waals surface area contributed by atoms with Gasteiger partial charge in [0.05, 0.1) is 12.2 Å². The summed E-state index contributed by atoms with van der Waals surface area (Å²) in [6.07, 6.45) is -0.282. The highest BCUT2D eigenvalue weighted by molar-refractivity contribution is 5.92. The van der Waals surface area contributed by atoms with Crippen LogP contribution in [0.2, 0.25) is 0 Å². The van der Waals surface area contributed by atoms with E-state index in [4.69, 9.17) is 5.11 Å². The lowest BCUT2D eigenvalue weighted by Crippen LogP contribution is -2.39. The Kier molecular flexibility index (Phi) is 4.47. The topological polar surface area (TPSA) is 88.3 Å². The van der Waals surface area contributed by atoms with Crippen LogP contribution in [0.4, 0.5) is 8.78 Å². The minimum Gasteiger partial charge on any atom is -0.479 e. The maximum Gasteiger partial charge on any atom is 0.343 e. The molecule has 1 aromatic carbocycles. The van der Waals surface area contributed by atoms with E-state index in [1.54, 1.807) is 6.07 Å². The van der Waals surface area contributed by atoms with Gasteiger partial charge in [-0.05, 0) is 18.2 Å². The number of halogens is 2. The SMILES string of the molecule is CC(C)c1nc(C(=O)N2CCC(F)(C(=O)O)C2)nn1-c1cccc(F)c1. The van der Waals surface area contributed by atoms with Gasteiger partial charge in [-0.15, -0.1) is 5.10 Å². The van der Waals surface area contributed by atoms with Gasteiger partial charge in [0.1, 0.15) is 11.6 Å². The molecule has 1 N–H and O–H groups in total. The summed E-state index contributed by atoms with van der Waals surface area (Å²) >= 11 is 0. The van der Waals surface area contributed by atoms with Crippen molar-refractivity contribution in [1.29, 1.82) is 0 Å². The fourth-order valence-electron chi connectivity index (χ4n) is 2.85. The first kappa shape index (κ1) is 18.0. The minimum atomic E-state index is -2.46. The van der Waals surface area contributed by atoms with Crippen molar-refractivity contribution in [2.75, 3.05) is 13.1 Å². The van der Waals surface area contributed by atoms with Crippen LogP contribution in [0.25, 0.3) is 5.69 Å². The zero-order valence-corrected chi connectivity index (χ0v) is 14.3. The number of aliphatic carboxylic acids is 1. The largest absolute Gasteiger partial charge is 0.479 e. The Hall–Kier alpha value is -2.84. The van der Waals surface area contributed by atoms with Crippen LogP contribution in [0.1, 0.15) is 42.6 Å². The third-order valence-electron chi connectivity index (χ3n) is 4.28. The van der Waals surface area contributed by atoms with E-state index >= 15 is 0 Å². The normalized spacial score (nSPS) is 20.0. The predicted molar refractivity (Wildman–Crippen MR) is 87.4 cm³/mol. The van der Waals surface area contributed by atoms with Crippen LogP contribution in [0.15, 0.2) is 24.3 Å². The van der Waals surface area contributed by atoms with Crippen LogP contribution in [-0.2, 0) is 4.79 Å². The number of carboxylic acids is 1. The van der Waals surface area contributed by atoms with E-state index in [2.05, 4.69) is 10.1 Å². The monoisotopic (exact) mass is 364 g/mol. The third-order valence-corrected chi connectivity index (χ3v) is 4.28. The summed E-state index contributed by atoms with van der Waals surface area (Å²) in [6.45, 7) is 3.11. The number of benzene rings is 1. The molecular weight excluding hydrogens is 346 g/mol. The number of aromatic nitrogens is 3. The molecule has 26 heavy (non-hydrogen) atoms. The maximum absolute atomic E-state index is 14.2. The molecule has 1 saturated heterocycles. The Balaban J connectivity index is 1.93. The zero-order valence-electron chi connectivity index (χ0n) is 14.3. The molecule has 0 bridgehead atoms. The molecule has 9 heteroatoms. The molecular formula is C17H18F2N4O3. The van der Waals surface area contributed by atoms with Gasteiger partial charge in [-0.2, -0.15) is 0 Å².